The summed E-state index contributed by atoms with van der Waals surface area (Å²) in [4.78, 5) is 28.0. The van der Waals surface area contributed by atoms with Gasteiger partial charge in [0, 0.05) is 40.5 Å². The van der Waals surface area contributed by atoms with Gasteiger partial charge in [-0.3, -0.25) is 9.59 Å². The van der Waals surface area contributed by atoms with Crippen LogP contribution in [-0.2, 0) is 6.54 Å². The normalized spacial score (nSPS) is 17.9. The number of hydrogen-bond donors (Lipinski definition) is 2. The number of carbonyl (C=O) groups is 2. The van der Waals surface area contributed by atoms with Gasteiger partial charge in [0.1, 0.15) is 0 Å². The van der Waals surface area contributed by atoms with E-state index in [0.29, 0.717) is 28.4 Å². The molecule has 3 aromatic rings. The molecule has 0 radical (unpaired) electrons. The zero-order valence-electron chi connectivity index (χ0n) is 18.4. The molecular formula is C27H28ClN3O2. The number of halogens is 1. The Labute approximate surface area is 199 Å². The van der Waals surface area contributed by atoms with E-state index in [1.807, 2.05) is 59.5 Å². The topological polar surface area (TPSA) is 75.4 Å². The molecule has 1 saturated carbocycles. The Hall–Kier alpha value is -3.15. The highest BCUT2D eigenvalue weighted by Gasteiger charge is 2.28. The molecule has 0 bridgehead atoms. The number of nitrogens with zero attached hydrogens (tertiary/aromatic N) is 1. The first-order valence-corrected chi connectivity index (χ1v) is 11.6. The van der Waals surface area contributed by atoms with Gasteiger partial charge in [0.2, 0.25) is 0 Å². The Kier molecular flexibility index (Phi) is 7.43. The average molecular weight is 462 g/mol. The zero-order chi connectivity index (χ0) is 23.2. The summed E-state index contributed by atoms with van der Waals surface area (Å²) in [5.74, 6) is -0.211. The minimum absolute atomic E-state index is 0.0180. The molecule has 4 rings (SSSR count). The third-order valence-electron chi connectivity index (χ3n) is 6.09. The number of amides is 2. The van der Waals surface area contributed by atoms with Crippen molar-refractivity contribution in [1.82, 2.24) is 4.90 Å². The van der Waals surface area contributed by atoms with E-state index in [4.69, 9.17) is 17.3 Å². The average Bonchev–Trinajstić information content (AvgIpc) is 2.83. The minimum atomic E-state index is -0.229. The van der Waals surface area contributed by atoms with Crippen molar-refractivity contribution in [3.8, 4) is 0 Å². The van der Waals surface area contributed by atoms with E-state index in [1.54, 1.807) is 24.3 Å². The first-order chi connectivity index (χ1) is 16.0. The molecule has 0 saturated heterocycles. The largest absolute Gasteiger partial charge is 0.331 e. The van der Waals surface area contributed by atoms with Crippen LogP contribution < -0.4 is 11.1 Å². The fourth-order valence-electron chi connectivity index (χ4n) is 4.30. The highest BCUT2D eigenvalue weighted by Crippen LogP contribution is 2.26. The summed E-state index contributed by atoms with van der Waals surface area (Å²) >= 11 is 6.01. The predicted molar refractivity (Wildman–Crippen MR) is 132 cm³/mol. The van der Waals surface area contributed by atoms with Crippen molar-refractivity contribution in [1.29, 1.82) is 0 Å². The Balaban J connectivity index is 1.53. The molecule has 1 fully saturated rings. The number of nitrogens with one attached hydrogen (secondary N) is 1. The summed E-state index contributed by atoms with van der Waals surface area (Å²) in [7, 11) is 0. The number of hydrogen-bond acceptors (Lipinski definition) is 3. The van der Waals surface area contributed by atoms with Gasteiger partial charge < -0.3 is 16.0 Å². The third kappa shape index (κ3) is 6.01. The van der Waals surface area contributed by atoms with Crippen LogP contribution in [-0.4, -0.2) is 28.8 Å². The lowest BCUT2D eigenvalue weighted by atomic mass is 9.90. The summed E-state index contributed by atoms with van der Waals surface area (Å²) in [6.07, 6.45) is 3.62. The fraction of sp³-hybridized carbons (Fsp3) is 0.259. The molecular weight excluding hydrogens is 434 g/mol. The molecule has 0 aromatic heterocycles. The van der Waals surface area contributed by atoms with Crippen molar-refractivity contribution >= 4 is 29.1 Å². The van der Waals surface area contributed by atoms with Crippen LogP contribution in [0.25, 0.3) is 0 Å². The second-order valence-electron chi connectivity index (χ2n) is 8.53. The van der Waals surface area contributed by atoms with Gasteiger partial charge in [-0.2, -0.15) is 0 Å². The predicted octanol–water partition coefficient (Wildman–Crippen LogP) is 5.50. The van der Waals surface area contributed by atoms with Crippen LogP contribution in [0, 0.1) is 0 Å². The molecule has 33 heavy (non-hydrogen) atoms. The van der Waals surface area contributed by atoms with E-state index >= 15 is 0 Å². The number of rotatable bonds is 6. The Morgan fingerprint density at radius 1 is 0.879 bits per heavy atom. The van der Waals surface area contributed by atoms with Gasteiger partial charge in [0.15, 0.2) is 0 Å². The summed E-state index contributed by atoms with van der Waals surface area (Å²) in [5.41, 5.74) is 8.91. The first kappa shape index (κ1) is 23.0. The van der Waals surface area contributed by atoms with E-state index in [2.05, 4.69) is 5.32 Å². The van der Waals surface area contributed by atoms with Crippen molar-refractivity contribution in [2.24, 2.45) is 5.73 Å². The van der Waals surface area contributed by atoms with E-state index in [-0.39, 0.29) is 23.9 Å². The van der Waals surface area contributed by atoms with Crippen molar-refractivity contribution < 1.29 is 9.59 Å². The lowest BCUT2D eigenvalue weighted by Gasteiger charge is -2.36. The maximum Gasteiger partial charge on any atom is 0.255 e. The van der Waals surface area contributed by atoms with Gasteiger partial charge in [0.05, 0.1) is 0 Å². The van der Waals surface area contributed by atoms with Gasteiger partial charge in [-0.1, -0.05) is 48.0 Å². The van der Waals surface area contributed by atoms with Gasteiger partial charge in [-0.25, -0.2) is 0 Å². The van der Waals surface area contributed by atoms with Crippen LogP contribution in [0.15, 0.2) is 78.9 Å². The third-order valence-corrected chi connectivity index (χ3v) is 6.32. The maximum atomic E-state index is 13.4. The van der Waals surface area contributed by atoms with Crippen LogP contribution in [0.5, 0.6) is 0 Å². The van der Waals surface area contributed by atoms with Crippen molar-refractivity contribution in [2.45, 2.75) is 44.3 Å². The summed E-state index contributed by atoms with van der Waals surface area (Å²) in [5, 5.41) is 3.44. The molecule has 2 amide bonds. The highest BCUT2D eigenvalue weighted by molar-refractivity contribution is 6.31. The number of anilines is 1. The van der Waals surface area contributed by atoms with Gasteiger partial charge in [-0.05, 0) is 73.7 Å². The second kappa shape index (κ2) is 10.6. The smallest absolute Gasteiger partial charge is 0.255 e. The Morgan fingerprint density at radius 2 is 1.58 bits per heavy atom. The molecule has 0 aliphatic heterocycles. The van der Waals surface area contributed by atoms with E-state index in [1.165, 1.54) is 0 Å². The molecule has 5 nitrogen and oxygen atoms in total. The van der Waals surface area contributed by atoms with Gasteiger partial charge in [0.25, 0.3) is 11.8 Å². The number of nitrogens with two attached hydrogens (primary N) is 1. The SMILES string of the molecule is NC1CCC(N(Cc2cccc(NC(=O)c3cccc(Cl)c3)c2)C(=O)c2ccccc2)CC1. The molecule has 3 N–H and O–H groups in total. The summed E-state index contributed by atoms with van der Waals surface area (Å²) in [6.45, 7) is 0.467. The van der Waals surface area contributed by atoms with E-state index < -0.39 is 0 Å². The van der Waals surface area contributed by atoms with Crippen LogP contribution in [0.1, 0.15) is 52.0 Å². The molecule has 1 aliphatic carbocycles. The maximum absolute atomic E-state index is 13.4. The molecule has 170 valence electrons. The Bertz CT molecular complexity index is 1110. The molecule has 3 aromatic carbocycles. The zero-order valence-corrected chi connectivity index (χ0v) is 19.2. The van der Waals surface area contributed by atoms with Crippen LogP contribution in [0.3, 0.4) is 0 Å². The lowest BCUT2D eigenvalue weighted by Crippen LogP contribution is -2.43. The molecule has 0 unspecified atom stereocenters. The first-order valence-electron chi connectivity index (χ1n) is 11.3. The fourth-order valence-corrected chi connectivity index (χ4v) is 4.49. The van der Waals surface area contributed by atoms with Crippen molar-refractivity contribution in [3.63, 3.8) is 0 Å². The minimum Gasteiger partial charge on any atom is -0.331 e. The van der Waals surface area contributed by atoms with Gasteiger partial charge >= 0.3 is 0 Å². The molecule has 0 atom stereocenters. The number of carbonyl (C=O) groups excluding carboxylic acids is 2. The highest BCUT2D eigenvalue weighted by atomic mass is 35.5. The van der Waals surface area contributed by atoms with Crippen LogP contribution in [0.4, 0.5) is 5.69 Å². The van der Waals surface area contributed by atoms with Crippen molar-refractivity contribution in [3.05, 3.63) is 101 Å². The molecule has 6 heteroatoms. The number of benzene rings is 3. The lowest BCUT2D eigenvalue weighted by molar-refractivity contribution is 0.0606. The summed E-state index contributed by atoms with van der Waals surface area (Å²) < 4.78 is 0. The van der Waals surface area contributed by atoms with E-state index in [9.17, 15) is 9.59 Å². The second-order valence-corrected chi connectivity index (χ2v) is 8.97. The monoisotopic (exact) mass is 461 g/mol. The molecule has 0 heterocycles. The molecule has 1 aliphatic rings. The molecule has 0 spiro atoms. The van der Waals surface area contributed by atoms with E-state index in [0.717, 1.165) is 31.2 Å². The standard InChI is InChI=1S/C27H28ClN3O2/c28-22-10-5-9-21(17-22)26(32)30-24-11-4-6-19(16-24)18-31(25-14-12-23(29)13-15-25)27(33)20-7-2-1-3-8-20/h1-11,16-17,23,25H,12-15,18,29H2,(H,30,32). The quantitative estimate of drug-likeness (QED) is 0.508. The van der Waals surface area contributed by atoms with Crippen LogP contribution >= 0.6 is 11.6 Å². The Morgan fingerprint density at radius 3 is 2.30 bits per heavy atom. The van der Waals surface area contributed by atoms with Crippen molar-refractivity contribution in [2.75, 3.05) is 5.32 Å². The van der Waals surface area contributed by atoms with Crippen LogP contribution in [0.2, 0.25) is 5.02 Å². The van der Waals surface area contributed by atoms with Gasteiger partial charge in [-0.15, -0.1) is 0 Å². The summed E-state index contributed by atoms with van der Waals surface area (Å²) in [6, 6.07) is 24.2.